The number of anilines is 1. The van der Waals surface area contributed by atoms with E-state index in [1.807, 2.05) is 18.2 Å². The zero-order valence-electron chi connectivity index (χ0n) is 14.8. The van der Waals surface area contributed by atoms with E-state index in [1.165, 1.54) is 11.6 Å². The van der Waals surface area contributed by atoms with E-state index in [4.69, 9.17) is 4.74 Å². The normalized spacial score (nSPS) is 18.8. The summed E-state index contributed by atoms with van der Waals surface area (Å²) in [4.78, 5) is 23.6. The van der Waals surface area contributed by atoms with Gasteiger partial charge in [-0.25, -0.2) is 4.79 Å². The molecule has 1 fully saturated rings. The average Bonchev–Trinajstić information content (AvgIpc) is 2.58. The van der Waals surface area contributed by atoms with Crippen molar-refractivity contribution in [3.05, 3.63) is 65.2 Å². The molecule has 2 N–H and O–H groups in total. The molecule has 1 saturated carbocycles. The Morgan fingerprint density at radius 2 is 1.88 bits per heavy atom. The molecule has 1 aliphatic rings. The standard InChI is InChI=1S/C21H23NO4/c1-26-13-15-9-18(21(24)25)12-19(10-15)22-20(23)11-14-7-17(8-14)16-5-3-2-4-6-16/h2-6,9-10,12,14,17H,7-8,11,13H2,1H3,(H,22,23)(H,24,25). The number of amides is 1. The summed E-state index contributed by atoms with van der Waals surface area (Å²) in [5.74, 6) is -0.186. The smallest absolute Gasteiger partial charge is 0.335 e. The van der Waals surface area contributed by atoms with Crippen molar-refractivity contribution in [2.24, 2.45) is 5.92 Å². The van der Waals surface area contributed by atoms with Gasteiger partial charge >= 0.3 is 5.97 Å². The van der Waals surface area contributed by atoms with Crippen LogP contribution in [0.15, 0.2) is 48.5 Å². The maximum absolute atomic E-state index is 12.3. The third-order valence-corrected chi connectivity index (χ3v) is 4.82. The van der Waals surface area contributed by atoms with E-state index in [1.54, 1.807) is 19.2 Å². The lowest BCUT2D eigenvalue weighted by Crippen LogP contribution is -2.26. The van der Waals surface area contributed by atoms with Crippen molar-refractivity contribution in [2.75, 3.05) is 12.4 Å². The van der Waals surface area contributed by atoms with Crippen molar-refractivity contribution >= 4 is 17.6 Å². The Kier molecular flexibility index (Phi) is 5.68. The minimum atomic E-state index is -1.02. The lowest BCUT2D eigenvalue weighted by Gasteiger charge is -2.35. The summed E-state index contributed by atoms with van der Waals surface area (Å²) in [6.07, 6.45) is 2.49. The molecule has 3 rings (SSSR count). The number of benzene rings is 2. The molecule has 0 aromatic heterocycles. The number of aromatic carboxylic acids is 1. The van der Waals surface area contributed by atoms with Gasteiger partial charge in [0, 0.05) is 19.2 Å². The van der Waals surface area contributed by atoms with Gasteiger partial charge in [0.05, 0.1) is 12.2 Å². The summed E-state index contributed by atoms with van der Waals surface area (Å²) in [5.41, 5.74) is 2.70. The molecule has 0 aliphatic heterocycles. The lowest BCUT2D eigenvalue weighted by atomic mass is 9.70. The second kappa shape index (κ2) is 8.15. The van der Waals surface area contributed by atoms with E-state index < -0.39 is 5.97 Å². The molecule has 0 heterocycles. The van der Waals surface area contributed by atoms with E-state index in [9.17, 15) is 14.7 Å². The third-order valence-electron chi connectivity index (χ3n) is 4.82. The van der Waals surface area contributed by atoms with Crippen molar-refractivity contribution < 1.29 is 19.4 Å². The maximum Gasteiger partial charge on any atom is 0.335 e. The molecular weight excluding hydrogens is 330 g/mol. The molecule has 0 spiro atoms. The zero-order valence-corrected chi connectivity index (χ0v) is 14.8. The molecule has 2 aromatic carbocycles. The third kappa shape index (κ3) is 4.49. The Balaban J connectivity index is 1.56. The predicted octanol–water partition coefficient (Wildman–Crippen LogP) is 4.05. The minimum absolute atomic E-state index is 0.0765. The summed E-state index contributed by atoms with van der Waals surface area (Å²) < 4.78 is 5.06. The number of ether oxygens (including phenoxy) is 1. The Hall–Kier alpha value is -2.66. The van der Waals surface area contributed by atoms with Crippen molar-refractivity contribution in [2.45, 2.75) is 31.8 Å². The van der Waals surface area contributed by atoms with Crippen LogP contribution in [0, 0.1) is 5.92 Å². The first-order chi connectivity index (χ1) is 12.5. The van der Waals surface area contributed by atoms with Gasteiger partial charge in [0.2, 0.25) is 5.91 Å². The Bertz CT molecular complexity index is 782. The van der Waals surface area contributed by atoms with E-state index >= 15 is 0 Å². The first-order valence-electron chi connectivity index (χ1n) is 8.76. The molecule has 5 nitrogen and oxygen atoms in total. The van der Waals surface area contributed by atoms with Crippen LogP contribution in [-0.4, -0.2) is 24.1 Å². The van der Waals surface area contributed by atoms with Crippen LogP contribution in [0.4, 0.5) is 5.69 Å². The molecule has 0 unspecified atom stereocenters. The van der Waals surface area contributed by atoms with E-state index in [2.05, 4.69) is 17.4 Å². The van der Waals surface area contributed by atoms with E-state index in [0.717, 1.165) is 18.4 Å². The largest absolute Gasteiger partial charge is 0.478 e. The minimum Gasteiger partial charge on any atom is -0.478 e. The molecule has 0 saturated heterocycles. The second-order valence-electron chi connectivity index (χ2n) is 6.85. The second-order valence-corrected chi connectivity index (χ2v) is 6.85. The number of hydrogen-bond donors (Lipinski definition) is 2. The summed E-state index contributed by atoms with van der Waals surface area (Å²) in [6, 6.07) is 15.2. The first-order valence-corrected chi connectivity index (χ1v) is 8.76. The molecule has 26 heavy (non-hydrogen) atoms. The molecule has 0 atom stereocenters. The van der Waals surface area contributed by atoms with Gasteiger partial charge in [-0.2, -0.15) is 0 Å². The highest BCUT2D eigenvalue weighted by atomic mass is 16.5. The first kappa shape index (κ1) is 18.1. The molecule has 5 heteroatoms. The van der Waals surface area contributed by atoms with Crippen LogP contribution in [-0.2, 0) is 16.1 Å². The quantitative estimate of drug-likeness (QED) is 0.787. The van der Waals surface area contributed by atoms with Crippen LogP contribution in [0.25, 0.3) is 0 Å². The fourth-order valence-electron chi connectivity index (χ4n) is 3.51. The topological polar surface area (TPSA) is 75.6 Å². The van der Waals surface area contributed by atoms with Crippen LogP contribution >= 0.6 is 0 Å². The fourth-order valence-corrected chi connectivity index (χ4v) is 3.51. The van der Waals surface area contributed by atoms with E-state index in [-0.39, 0.29) is 11.5 Å². The summed E-state index contributed by atoms with van der Waals surface area (Å²) in [7, 11) is 1.55. The molecule has 1 amide bonds. The average molecular weight is 353 g/mol. The molecule has 2 aromatic rings. The number of carbonyl (C=O) groups is 2. The predicted molar refractivity (Wildman–Crippen MR) is 99.3 cm³/mol. The maximum atomic E-state index is 12.3. The van der Waals surface area contributed by atoms with Gasteiger partial charge in [0.25, 0.3) is 0 Å². The van der Waals surface area contributed by atoms with Gasteiger partial charge in [0.15, 0.2) is 0 Å². The van der Waals surface area contributed by atoms with Crippen LogP contribution in [0.5, 0.6) is 0 Å². The van der Waals surface area contributed by atoms with Crippen LogP contribution < -0.4 is 5.32 Å². The van der Waals surface area contributed by atoms with Gasteiger partial charge in [0.1, 0.15) is 0 Å². The lowest BCUT2D eigenvalue weighted by molar-refractivity contribution is -0.117. The van der Waals surface area contributed by atoms with Crippen molar-refractivity contribution in [3.63, 3.8) is 0 Å². The fraction of sp³-hybridized carbons (Fsp3) is 0.333. The highest BCUT2D eigenvalue weighted by Gasteiger charge is 2.31. The number of methoxy groups -OCH3 is 1. The molecule has 0 bridgehead atoms. The number of hydrogen-bond acceptors (Lipinski definition) is 3. The highest BCUT2D eigenvalue weighted by molar-refractivity contribution is 5.94. The van der Waals surface area contributed by atoms with Gasteiger partial charge in [-0.3, -0.25) is 4.79 Å². The van der Waals surface area contributed by atoms with E-state index in [0.29, 0.717) is 30.6 Å². The van der Waals surface area contributed by atoms with Crippen molar-refractivity contribution in [3.8, 4) is 0 Å². The summed E-state index contributed by atoms with van der Waals surface area (Å²) >= 11 is 0. The molecular formula is C21H23NO4. The van der Waals surface area contributed by atoms with Gasteiger partial charge in [-0.1, -0.05) is 30.3 Å². The molecule has 136 valence electrons. The van der Waals surface area contributed by atoms with Gasteiger partial charge in [-0.15, -0.1) is 0 Å². The number of rotatable bonds is 7. The number of nitrogens with one attached hydrogen (secondary N) is 1. The monoisotopic (exact) mass is 353 g/mol. The number of carbonyl (C=O) groups excluding carboxylic acids is 1. The highest BCUT2D eigenvalue weighted by Crippen LogP contribution is 2.43. The summed E-state index contributed by atoms with van der Waals surface area (Å²) in [6.45, 7) is 0.297. The van der Waals surface area contributed by atoms with Crippen LogP contribution in [0.1, 0.15) is 46.7 Å². The Morgan fingerprint density at radius 1 is 1.15 bits per heavy atom. The van der Waals surface area contributed by atoms with Gasteiger partial charge in [-0.05, 0) is 54.0 Å². The van der Waals surface area contributed by atoms with Gasteiger partial charge < -0.3 is 15.2 Å². The summed E-state index contributed by atoms with van der Waals surface area (Å²) in [5, 5.41) is 12.0. The number of carboxylic acids is 1. The van der Waals surface area contributed by atoms with Crippen LogP contribution in [0.2, 0.25) is 0 Å². The molecule has 1 aliphatic carbocycles. The Morgan fingerprint density at radius 3 is 2.54 bits per heavy atom. The van der Waals surface area contributed by atoms with Crippen molar-refractivity contribution in [1.29, 1.82) is 0 Å². The number of carboxylic acid groups (broad SMARTS) is 1. The van der Waals surface area contributed by atoms with Crippen LogP contribution in [0.3, 0.4) is 0 Å². The SMILES string of the molecule is COCc1cc(NC(=O)CC2CC(c3ccccc3)C2)cc(C(=O)O)c1. The zero-order chi connectivity index (χ0) is 18.5. The molecule has 0 radical (unpaired) electrons. The van der Waals surface area contributed by atoms with Crippen molar-refractivity contribution in [1.82, 2.24) is 0 Å². The Labute approximate surface area is 153 Å².